The van der Waals surface area contributed by atoms with E-state index in [0.29, 0.717) is 0 Å². The molecule has 0 aliphatic carbocycles. The molecule has 1 aliphatic heterocycles. The summed E-state index contributed by atoms with van der Waals surface area (Å²) in [6, 6.07) is 9.23. The largest absolute Gasteiger partial charge is 0.338 e. The van der Waals surface area contributed by atoms with Gasteiger partial charge in [-0.1, -0.05) is 6.07 Å². The summed E-state index contributed by atoms with van der Waals surface area (Å²) in [7, 11) is 0. The van der Waals surface area contributed by atoms with E-state index in [4.69, 9.17) is 5.73 Å². The third-order valence-electron chi connectivity index (χ3n) is 4.37. The number of hydrogen-bond acceptors (Lipinski definition) is 8. The van der Waals surface area contributed by atoms with E-state index in [-0.39, 0.29) is 22.7 Å². The SMILES string of the molecule is NC1NC(SCC(=O)Nc2cccc([N+](=O)[O-])c2)NC(=O)C1NC(=O)c1ccc(F)cc1. The van der Waals surface area contributed by atoms with Gasteiger partial charge in [-0.05, 0) is 30.3 Å². The highest BCUT2D eigenvalue weighted by Gasteiger charge is 2.35. The maximum atomic E-state index is 13.0. The lowest BCUT2D eigenvalue weighted by molar-refractivity contribution is -0.384. The normalized spacial score (nSPS) is 20.2. The lowest BCUT2D eigenvalue weighted by Crippen LogP contribution is -2.70. The topological polar surface area (TPSA) is 168 Å². The summed E-state index contributed by atoms with van der Waals surface area (Å²) in [6.45, 7) is 0. The van der Waals surface area contributed by atoms with Crippen LogP contribution < -0.4 is 27.0 Å². The van der Waals surface area contributed by atoms with Crippen LogP contribution >= 0.6 is 11.8 Å². The van der Waals surface area contributed by atoms with Gasteiger partial charge in [-0.15, -0.1) is 11.8 Å². The molecule has 2 aromatic carbocycles. The summed E-state index contributed by atoms with van der Waals surface area (Å²) in [4.78, 5) is 47.0. The Balaban J connectivity index is 1.49. The first-order valence-corrected chi connectivity index (χ1v) is 10.3. The number of halogens is 1. The lowest BCUT2D eigenvalue weighted by atomic mass is 10.1. The fraction of sp³-hybridized carbons (Fsp3) is 0.211. The number of nitro groups is 1. The second-order valence-electron chi connectivity index (χ2n) is 6.71. The number of nitro benzene ring substituents is 1. The van der Waals surface area contributed by atoms with Gasteiger partial charge in [0.1, 0.15) is 17.4 Å². The summed E-state index contributed by atoms with van der Waals surface area (Å²) in [5.41, 5.74) is 5.54. The van der Waals surface area contributed by atoms with Crippen molar-refractivity contribution in [2.75, 3.05) is 11.1 Å². The van der Waals surface area contributed by atoms with Crippen molar-refractivity contribution < 1.29 is 23.7 Å². The van der Waals surface area contributed by atoms with Gasteiger partial charge >= 0.3 is 0 Å². The Bertz CT molecular complexity index is 1040. The minimum atomic E-state index is -1.08. The van der Waals surface area contributed by atoms with Crippen LogP contribution in [0.1, 0.15) is 10.4 Å². The summed E-state index contributed by atoms with van der Waals surface area (Å²) >= 11 is 1.04. The van der Waals surface area contributed by atoms with Crippen LogP contribution in [-0.4, -0.2) is 46.1 Å². The van der Waals surface area contributed by atoms with E-state index in [0.717, 1.165) is 23.9 Å². The molecule has 3 amide bonds. The first-order chi connectivity index (χ1) is 15.2. The monoisotopic (exact) mass is 462 g/mol. The van der Waals surface area contributed by atoms with Gasteiger partial charge in [0.15, 0.2) is 0 Å². The number of benzene rings is 2. The molecule has 0 saturated carbocycles. The van der Waals surface area contributed by atoms with Crippen molar-refractivity contribution in [1.29, 1.82) is 0 Å². The van der Waals surface area contributed by atoms with Crippen LogP contribution in [0.3, 0.4) is 0 Å². The lowest BCUT2D eigenvalue weighted by Gasteiger charge is -2.35. The first kappa shape index (κ1) is 23.1. The zero-order chi connectivity index (χ0) is 23.3. The number of anilines is 1. The quantitative estimate of drug-likeness (QED) is 0.293. The predicted octanol–water partition coefficient (Wildman–Crippen LogP) is 0.492. The third-order valence-corrected chi connectivity index (χ3v) is 5.39. The summed E-state index contributed by atoms with van der Waals surface area (Å²) < 4.78 is 13.0. The molecule has 1 heterocycles. The predicted molar refractivity (Wildman–Crippen MR) is 115 cm³/mol. The van der Waals surface area contributed by atoms with Crippen LogP contribution in [0.2, 0.25) is 0 Å². The molecule has 13 heteroatoms. The number of nitrogens with zero attached hydrogens (tertiary/aromatic N) is 1. The van der Waals surface area contributed by atoms with E-state index in [2.05, 4.69) is 21.3 Å². The van der Waals surface area contributed by atoms with Crippen LogP contribution in [0, 0.1) is 15.9 Å². The highest BCUT2D eigenvalue weighted by Crippen LogP contribution is 2.18. The Kier molecular flexibility index (Phi) is 7.35. The molecule has 6 N–H and O–H groups in total. The van der Waals surface area contributed by atoms with Crippen LogP contribution in [0.15, 0.2) is 48.5 Å². The zero-order valence-corrected chi connectivity index (χ0v) is 17.2. The number of thioether (sulfide) groups is 1. The number of nitrogens with one attached hydrogen (secondary N) is 4. The van der Waals surface area contributed by atoms with Gasteiger partial charge in [0, 0.05) is 23.4 Å². The fourth-order valence-corrected chi connectivity index (χ4v) is 3.66. The molecule has 32 heavy (non-hydrogen) atoms. The van der Waals surface area contributed by atoms with Gasteiger partial charge in [-0.2, -0.15) is 0 Å². The van der Waals surface area contributed by atoms with E-state index < -0.39 is 46.2 Å². The number of carbonyl (C=O) groups is 3. The minimum absolute atomic E-state index is 0.0834. The number of non-ortho nitro benzene ring substituents is 1. The van der Waals surface area contributed by atoms with Crippen LogP contribution in [0.25, 0.3) is 0 Å². The second-order valence-corrected chi connectivity index (χ2v) is 7.80. The third kappa shape index (κ3) is 6.00. The van der Waals surface area contributed by atoms with E-state index in [9.17, 15) is 28.9 Å². The second kappa shape index (κ2) is 10.2. The van der Waals surface area contributed by atoms with Gasteiger partial charge < -0.3 is 21.7 Å². The molecule has 2 aromatic rings. The number of amides is 3. The minimum Gasteiger partial charge on any atom is -0.338 e. The average molecular weight is 462 g/mol. The molecule has 1 fully saturated rings. The van der Waals surface area contributed by atoms with Gasteiger partial charge in [-0.25, -0.2) is 4.39 Å². The van der Waals surface area contributed by atoms with Gasteiger partial charge in [-0.3, -0.25) is 29.8 Å². The Labute approximate surface area is 185 Å². The number of hydrogen-bond donors (Lipinski definition) is 5. The van der Waals surface area contributed by atoms with E-state index in [1.807, 2.05) is 0 Å². The van der Waals surface area contributed by atoms with Crippen molar-refractivity contribution in [2.45, 2.75) is 17.7 Å². The molecule has 0 bridgehead atoms. The molecule has 3 rings (SSSR count). The van der Waals surface area contributed by atoms with Crippen molar-refractivity contribution in [1.82, 2.24) is 16.0 Å². The molecule has 168 valence electrons. The van der Waals surface area contributed by atoms with Crippen molar-refractivity contribution in [2.24, 2.45) is 5.73 Å². The summed E-state index contributed by atoms with van der Waals surface area (Å²) in [6.07, 6.45) is -0.939. The number of nitrogens with two attached hydrogens (primary N) is 1. The van der Waals surface area contributed by atoms with Gasteiger partial charge in [0.05, 0.1) is 16.8 Å². The van der Waals surface area contributed by atoms with E-state index >= 15 is 0 Å². The molecule has 0 spiro atoms. The van der Waals surface area contributed by atoms with Crippen LogP contribution in [0.4, 0.5) is 15.8 Å². The number of carbonyl (C=O) groups excluding carboxylic acids is 3. The molecular weight excluding hydrogens is 443 g/mol. The van der Waals surface area contributed by atoms with Crippen molar-refractivity contribution >= 4 is 40.9 Å². The smallest absolute Gasteiger partial charge is 0.271 e. The molecule has 1 saturated heterocycles. The molecule has 0 radical (unpaired) electrons. The average Bonchev–Trinajstić information content (AvgIpc) is 2.75. The Morgan fingerprint density at radius 2 is 1.94 bits per heavy atom. The van der Waals surface area contributed by atoms with E-state index in [1.54, 1.807) is 0 Å². The summed E-state index contributed by atoms with van der Waals surface area (Å²) in [5.74, 6) is -2.16. The molecular formula is C19H19FN6O5S. The van der Waals surface area contributed by atoms with Crippen LogP contribution in [-0.2, 0) is 9.59 Å². The fourth-order valence-electron chi connectivity index (χ4n) is 2.82. The number of rotatable bonds is 7. The Morgan fingerprint density at radius 3 is 2.59 bits per heavy atom. The van der Waals surface area contributed by atoms with Gasteiger partial charge in [0.2, 0.25) is 11.8 Å². The summed E-state index contributed by atoms with van der Waals surface area (Å²) in [5, 5.41) is 21.3. The van der Waals surface area contributed by atoms with Crippen molar-refractivity contribution in [3.05, 3.63) is 70.0 Å². The molecule has 3 unspecified atom stereocenters. The van der Waals surface area contributed by atoms with Gasteiger partial charge in [0.25, 0.3) is 11.6 Å². The maximum Gasteiger partial charge on any atom is 0.271 e. The Hall–Kier alpha value is -3.55. The highest BCUT2D eigenvalue weighted by molar-refractivity contribution is 8.00. The van der Waals surface area contributed by atoms with Crippen molar-refractivity contribution in [3.8, 4) is 0 Å². The van der Waals surface area contributed by atoms with Crippen molar-refractivity contribution in [3.63, 3.8) is 0 Å². The molecule has 0 aromatic heterocycles. The highest BCUT2D eigenvalue weighted by atomic mass is 32.2. The zero-order valence-electron chi connectivity index (χ0n) is 16.4. The molecule has 11 nitrogen and oxygen atoms in total. The molecule has 3 atom stereocenters. The standard InChI is InChI=1S/C19H19FN6O5S/c20-11-6-4-10(5-7-11)17(28)23-15-16(21)24-19(25-18(15)29)32-9-14(27)22-12-2-1-3-13(8-12)26(30)31/h1-8,15-16,19,24H,9,21H2,(H,22,27)(H,23,28)(H,25,29). The Morgan fingerprint density at radius 1 is 1.22 bits per heavy atom. The van der Waals surface area contributed by atoms with Crippen LogP contribution in [0.5, 0.6) is 0 Å². The van der Waals surface area contributed by atoms with E-state index in [1.165, 1.54) is 36.4 Å². The first-order valence-electron chi connectivity index (χ1n) is 9.27. The maximum absolute atomic E-state index is 13.0. The molecule has 1 aliphatic rings.